The van der Waals surface area contributed by atoms with Crippen LogP contribution in [0.1, 0.15) is 33.6 Å². The molecule has 1 fully saturated rings. The van der Waals surface area contributed by atoms with Gasteiger partial charge in [-0.3, -0.25) is 9.69 Å². The lowest BCUT2D eigenvalue weighted by atomic mass is 9.96. The summed E-state index contributed by atoms with van der Waals surface area (Å²) in [4.78, 5) is 13.8. The average Bonchev–Trinajstić information content (AvgIpc) is 2.37. The first-order valence-corrected chi connectivity index (χ1v) is 7.07. The number of hydrogen-bond donors (Lipinski definition) is 1. The Bertz CT molecular complexity index is 256. The van der Waals surface area contributed by atoms with E-state index in [1.807, 2.05) is 6.92 Å². The molecule has 0 aromatic heterocycles. The van der Waals surface area contributed by atoms with Crippen molar-refractivity contribution in [3.63, 3.8) is 0 Å². The molecule has 1 saturated heterocycles. The molecule has 0 aromatic rings. The zero-order chi connectivity index (χ0) is 13.5. The van der Waals surface area contributed by atoms with E-state index < -0.39 is 0 Å². The van der Waals surface area contributed by atoms with Gasteiger partial charge in [0, 0.05) is 6.54 Å². The van der Waals surface area contributed by atoms with Gasteiger partial charge in [0.2, 0.25) is 0 Å². The molecule has 106 valence electrons. The van der Waals surface area contributed by atoms with Crippen LogP contribution >= 0.6 is 0 Å². The summed E-state index contributed by atoms with van der Waals surface area (Å²) >= 11 is 0. The molecule has 0 amide bonds. The van der Waals surface area contributed by atoms with Crippen LogP contribution in [0, 0.1) is 11.8 Å². The average molecular weight is 256 g/mol. The molecule has 4 nitrogen and oxygen atoms in total. The summed E-state index contributed by atoms with van der Waals surface area (Å²) in [6.45, 7) is 10.5. The van der Waals surface area contributed by atoms with Crippen molar-refractivity contribution in [1.29, 1.82) is 0 Å². The molecule has 1 heterocycles. The number of ether oxygens (including phenoxy) is 1. The van der Waals surface area contributed by atoms with Gasteiger partial charge in [0.15, 0.2) is 0 Å². The number of methoxy groups -OCH3 is 1. The van der Waals surface area contributed by atoms with Crippen LogP contribution in [-0.2, 0) is 9.53 Å². The largest absolute Gasteiger partial charge is 0.468 e. The highest BCUT2D eigenvalue weighted by atomic mass is 16.5. The molecule has 1 N–H and O–H groups in total. The summed E-state index contributed by atoms with van der Waals surface area (Å²) in [5, 5.41) is 3.51. The van der Waals surface area contributed by atoms with Gasteiger partial charge in [-0.1, -0.05) is 13.8 Å². The fourth-order valence-electron chi connectivity index (χ4n) is 2.51. The topological polar surface area (TPSA) is 41.6 Å². The Morgan fingerprint density at radius 1 is 1.44 bits per heavy atom. The van der Waals surface area contributed by atoms with E-state index in [4.69, 9.17) is 4.74 Å². The van der Waals surface area contributed by atoms with Gasteiger partial charge in [0.25, 0.3) is 0 Å². The van der Waals surface area contributed by atoms with E-state index >= 15 is 0 Å². The summed E-state index contributed by atoms with van der Waals surface area (Å²) in [5.74, 6) is 1.23. The number of carbonyl (C=O) groups excluding carboxylic acids is 1. The van der Waals surface area contributed by atoms with Crippen molar-refractivity contribution >= 4 is 5.97 Å². The van der Waals surface area contributed by atoms with Crippen LogP contribution in [0.3, 0.4) is 0 Å². The lowest BCUT2D eigenvalue weighted by Crippen LogP contribution is -2.47. The molecule has 18 heavy (non-hydrogen) atoms. The van der Waals surface area contributed by atoms with E-state index in [-0.39, 0.29) is 12.0 Å². The van der Waals surface area contributed by atoms with Crippen LogP contribution in [-0.4, -0.2) is 50.2 Å². The summed E-state index contributed by atoms with van der Waals surface area (Å²) in [5.41, 5.74) is 0. The van der Waals surface area contributed by atoms with E-state index in [1.54, 1.807) is 0 Å². The van der Waals surface area contributed by atoms with Crippen LogP contribution in [0.4, 0.5) is 0 Å². The molecule has 0 spiro atoms. The standard InChI is InChI=1S/C14H28N2O2/c1-11(2)8-15-9-13-6-5-7-16(10-13)12(3)14(17)18-4/h11-13,15H,5-10H2,1-4H3. The van der Waals surface area contributed by atoms with Gasteiger partial charge in [0.05, 0.1) is 7.11 Å². The first-order chi connectivity index (χ1) is 8.54. The van der Waals surface area contributed by atoms with Gasteiger partial charge in [-0.25, -0.2) is 0 Å². The first-order valence-electron chi connectivity index (χ1n) is 7.07. The maximum Gasteiger partial charge on any atom is 0.322 e. The number of rotatable bonds is 6. The van der Waals surface area contributed by atoms with Gasteiger partial charge >= 0.3 is 5.97 Å². The molecule has 1 rings (SSSR count). The smallest absolute Gasteiger partial charge is 0.322 e. The van der Waals surface area contributed by atoms with Crippen molar-refractivity contribution in [1.82, 2.24) is 10.2 Å². The van der Waals surface area contributed by atoms with Gasteiger partial charge in [-0.15, -0.1) is 0 Å². The van der Waals surface area contributed by atoms with Crippen molar-refractivity contribution in [2.24, 2.45) is 11.8 Å². The minimum Gasteiger partial charge on any atom is -0.468 e. The maximum absolute atomic E-state index is 11.5. The van der Waals surface area contributed by atoms with Gasteiger partial charge < -0.3 is 10.1 Å². The third kappa shape index (κ3) is 4.94. The Morgan fingerprint density at radius 3 is 2.78 bits per heavy atom. The molecule has 2 atom stereocenters. The Morgan fingerprint density at radius 2 is 2.17 bits per heavy atom. The first kappa shape index (κ1) is 15.4. The number of hydrogen-bond acceptors (Lipinski definition) is 4. The molecule has 1 aliphatic rings. The van der Waals surface area contributed by atoms with Gasteiger partial charge in [-0.05, 0) is 51.2 Å². The maximum atomic E-state index is 11.5. The second-order valence-electron chi connectivity index (χ2n) is 5.75. The van der Waals surface area contributed by atoms with Crippen molar-refractivity contribution in [2.45, 2.75) is 39.7 Å². The summed E-state index contributed by atoms with van der Waals surface area (Å²) < 4.78 is 4.82. The minimum atomic E-state index is -0.120. The summed E-state index contributed by atoms with van der Waals surface area (Å²) in [6.07, 6.45) is 2.44. The zero-order valence-electron chi connectivity index (χ0n) is 12.2. The monoisotopic (exact) mass is 256 g/mol. The lowest BCUT2D eigenvalue weighted by Gasteiger charge is -2.35. The number of esters is 1. The highest BCUT2D eigenvalue weighted by Gasteiger charge is 2.27. The quantitative estimate of drug-likeness (QED) is 0.731. The SMILES string of the molecule is COC(=O)C(C)N1CCCC(CNCC(C)C)C1. The Labute approximate surface area is 111 Å². The van der Waals surface area contributed by atoms with Gasteiger partial charge in [-0.2, -0.15) is 0 Å². The second kappa shape index (κ2) is 7.74. The van der Waals surface area contributed by atoms with E-state index in [9.17, 15) is 4.79 Å². The number of nitrogens with zero attached hydrogens (tertiary/aromatic N) is 1. The van der Waals surface area contributed by atoms with Crippen LogP contribution in [0.15, 0.2) is 0 Å². The molecule has 2 unspecified atom stereocenters. The van der Waals surface area contributed by atoms with Crippen LogP contribution < -0.4 is 5.32 Å². The number of piperidine rings is 1. The lowest BCUT2D eigenvalue weighted by molar-refractivity contribution is -0.147. The molecule has 0 aromatic carbocycles. The molecule has 0 bridgehead atoms. The van der Waals surface area contributed by atoms with Crippen molar-refractivity contribution < 1.29 is 9.53 Å². The Balaban J connectivity index is 2.34. The number of likely N-dealkylation sites (tertiary alicyclic amines) is 1. The summed E-state index contributed by atoms with van der Waals surface area (Å²) in [6, 6.07) is -0.108. The summed E-state index contributed by atoms with van der Waals surface area (Å²) in [7, 11) is 1.46. The molecule has 0 saturated carbocycles. The fraction of sp³-hybridized carbons (Fsp3) is 0.929. The molecule has 0 radical (unpaired) electrons. The Kier molecular flexibility index (Phi) is 6.65. The molecule has 4 heteroatoms. The fourth-order valence-corrected chi connectivity index (χ4v) is 2.51. The van der Waals surface area contributed by atoms with Crippen molar-refractivity contribution in [3.8, 4) is 0 Å². The van der Waals surface area contributed by atoms with E-state index in [0.29, 0.717) is 11.8 Å². The highest BCUT2D eigenvalue weighted by molar-refractivity contribution is 5.75. The highest BCUT2D eigenvalue weighted by Crippen LogP contribution is 2.18. The van der Waals surface area contributed by atoms with E-state index in [0.717, 1.165) is 26.2 Å². The zero-order valence-corrected chi connectivity index (χ0v) is 12.2. The third-order valence-corrected chi connectivity index (χ3v) is 3.63. The third-order valence-electron chi connectivity index (χ3n) is 3.63. The predicted molar refractivity (Wildman–Crippen MR) is 73.5 cm³/mol. The van der Waals surface area contributed by atoms with Crippen LogP contribution in [0.2, 0.25) is 0 Å². The molecule has 0 aliphatic carbocycles. The van der Waals surface area contributed by atoms with Crippen molar-refractivity contribution in [3.05, 3.63) is 0 Å². The molecular weight excluding hydrogens is 228 g/mol. The van der Waals surface area contributed by atoms with E-state index in [1.165, 1.54) is 20.0 Å². The molecular formula is C14H28N2O2. The predicted octanol–water partition coefficient (Wildman–Crippen LogP) is 1.51. The van der Waals surface area contributed by atoms with E-state index in [2.05, 4.69) is 24.1 Å². The number of carbonyl (C=O) groups is 1. The van der Waals surface area contributed by atoms with Gasteiger partial charge in [0.1, 0.15) is 6.04 Å². The van der Waals surface area contributed by atoms with Crippen LogP contribution in [0.25, 0.3) is 0 Å². The molecule has 1 aliphatic heterocycles. The number of nitrogens with one attached hydrogen (secondary N) is 1. The van der Waals surface area contributed by atoms with Crippen LogP contribution in [0.5, 0.6) is 0 Å². The second-order valence-corrected chi connectivity index (χ2v) is 5.75. The Hall–Kier alpha value is -0.610. The normalized spacial score (nSPS) is 23.1. The van der Waals surface area contributed by atoms with Crippen molar-refractivity contribution in [2.75, 3.05) is 33.3 Å². The minimum absolute atomic E-state index is 0.108.